The van der Waals surface area contributed by atoms with Crippen molar-refractivity contribution in [3.05, 3.63) is 47.2 Å². The van der Waals surface area contributed by atoms with Crippen LogP contribution in [0.25, 0.3) is 11.0 Å². The van der Waals surface area contributed by atoms with E-state index in [1.807, 2.05) is 0 Å². The van der Waals surface area contributed by atoms with E-state index >= 15 is 0 Å². The Morgan fingerprint density at radius 1 is 0.727 bits per heavy atom. The largest absolute Gasteiger partial charge is 0.419 e. The van der Waals surface area contributed by atoms with Gasteiger partial charge in [-0.1, -0.05) is 0 Å². The molecule has 0 unspecified atom stereocenters. The van der Waals surface area contributed by atoms with Crippen LogP contribution in [0, 0.1) is 0 Å². The summed E-state index contributed by atoms with van der Waals surface area (Å²) < 4.78 is 117. The Morgan fingerprint density at radius 2 is 1.33 bits per heavy atom. The van der Waals surface area contributed by atoms with Gasteiger partial charge < -0.3 is 14.8 Å². The van der Waals surface area contributed by atoms with Crippen LogP contribution in [0.4, 0.5) is 51.3 Å². The number of benzene rings is 1. The van der Waals surface area contributed by atoms with E-state index in [1.54, 1.807) is 4.90 Å². The maximum atomic E-state index is 13.4. The number of pyridine rings is 1. The van der Waals surface area contributed by atoms with Crippen molar-refractivity contribution in [2.45, 2.75) is 18.5 Å². The number of H-pyrrole nitrogens is 1. The standard InChI is InChI=1S/C19H14F9N5/c20-17(21,22)10-1-2-13-14(8-10)31-16(30-13)33-5-3-32(4-6-33)15-12(19(26,27)28)7-11(9-29-15)18(23,24)25/h1-2,7-9H,3-6H2,(H,30,31). The maximum absolute atomic E-state index is 13.4. The lowest BCUT2D eigenvalue weighted by atomic mass is 10.1. The SMILES string of the molecule is FC(F)(F)c1cnc(N2CCN(c3nc4ccc(C(F)(F)F)cc4[nH]3)CC2)c(C(F)(F)F)c1. The summed E-state index contributed by atoms with van der Waals surface area (Å²) in [6, 6.07) is 3.03. The smallest absolute Gasteiger partial charge is 0.353 e. The van der Waals surface area contributed by atoms with Gasteiger partial charge in [-0.05, 0) is 24.3 Å². The van der Waals surface area contributed by atoms with Crippen LogP contribution in [0.15, 0.2) is 30.5 Å². The topological polar surface area (TPSA) is 48.1 Å². The van der Waals surface area contributed by atoms with E-state index in [0.29, 0.717) is 6.20 Å². The molecule has 0 aliphatic carbocycles. The molecule has 1 saturated heterocycles. The molecule has 0 radical (unpaired) electrons. The Morgan fingerprint density at radius 3 is 1.91 bits per heavy atom. The van der Waals surface area contributed by atoms with E-state index in [9.17, 15) is 39.5 Å². The van der Waals surface area contributed by atoms with Crippen LogP contribution in [0.2, 0.25) is 0 Å². The lowest BCUT2D eigenvalue weighted by Crippen LogP contribution is -2.47. The predicted octanol–water partition coefficient (Wildman–Crippen LogP) is 5.34. The van der Waals surface area contributed by atoms with Crippen LogP contribution in [0.5, 0.6) is 0 Å². The van der Waals surface area contributed by atoms with Gasteiger partial charge in [0.25, 0.3) is 0 Å². The van der Waals surface area contributed by atoms with Crippen molar-refractivity contribution >= 4 is 22.8 Å². The minimum absolute atomic E-state index is 0.0215. The average Bonchev–Trinajstić information content (AvgIpc) is 3.15. The molecule has 0 saturated carbocycles. The Balaban J connectivity index is 1.55. The molecule has 14 heteroatoms. The van der Waals surface area contributed by atoms with Gasteiger partial charge in [0.2, 0.25) is 5.95 Å². The number of aromatic amines is 1. The lowest BCUT2D eigenvalue weighted by Gasteiger charge is -2.36. The van der Waals surface area contributed by atoms with Crippen LogP contribution in [-0.2, 0) is 18.5 Å². The first-order valence-electron chi connectivity index (χ1n) is 9.45. The second-order valence-electron chi connectivity index (χ2n) is 7.35. The number of piperazine rings is 1. The molecule has 3 heterocycles. The van der Waals surface area contributed by atoms with Crippen LogP contribution < -0.4 is 9.80 Å². The third-order valence-electron chi connectivity index (χ3n) is 5.17. The first kappa shape index (κ1) is 23.0. The highest BCUT2D eigenvalue weighted by molar-refractivity contribution is 5.78. The predicted molar refractivity (Wildman–Crippen MR) is 99.8 cm³/mol. The molecule has 2 aromatic heterocycles. The quantitative estimate of drug-likeness (QED) is 0.500. The Kier molecular flexibility index (Phi) is 5.36. The average molecular weight is 483 g/mol. The highest BCUT2D eigenvalue weighted by Crippen LogP contribution is 2.39. The molecule has 3 aromatic rings. The summed E-state index contributed by atoms with van der Waals surface area (Å²) in [6.07, 6.45) is -14.2. The molecule has 1 N–H and O–H groups in total. The van der Waals surface area contributed by atoms with Crippen molar-refractivity contribution in [3.63, 3.8) is 0 Å². The Bertz CT molecular complexity index is 1160. The first-order valence-corrected chi connectivity index (χ1v) is 9.45. The van der Waals surface area contributed by atoms with E-state index in [4.69, 9.17) is 0 Å². The van der Waals surface area contributed by atoms with Gasteiger partial charge in [0.1, 0.15) is 5.82 Å². The summed E-state index contributed by atoms with van der Waals surface area (Å²) in [6.45, 7) is 0.191. The van der Waals surface area contributed by atoms with Crippen LogP contribution in [-0.4, -0.2) is 41.1 Å². The zero-order chi connectivity index (χ0) is 24.2. The van der Waals surface area contributed by atoms with Crippen molar-refractivity contribution in [2.24, 2.45) is 0 Å². The summed E-state index contributed by atoms with van der Waals surface area (Å²) in [5.41, 5.74) is -3.43. The van der Waals surface area contributed by atoms with Crippen molar-refractivity contribution in [3.8, 4) is 0 Å². The van der Waals surface area contributed by atoms with Crippen molar-refractivity contribution in [2.75, 3.05) is 36.0 Å². The minimum Gasteiger partial charge on any atom is -0.353 e. The molecule has 0 bridgehead atoms. The number of aromatic nitrogens is 3. The van der Waals surface area contributed by atoms with Crippen molar-refractivity contribution in [1.82, 2.24) is 15.0 Å². The monoisotopic (exact) mass is 483 g/mol. The number of anilines is 2. The minimum atomic E-state index is -5.05. The molecule has 1 aliphatic heterocycles. The van der Waals surface area contributed by atoms with E-state index in [1.165, 1.54) is 11.0 Å². The number of hydrogen-bond donors (Lipinski definition) is 1. The second kappa shape index (κ2) is 7.70. The Labute approximate surface area is 179 Å². The molecule has 1 aliphatic rings. The normalized spacial score (nSPS) is 16.0. The molecule has 0 spiro atoms. The van der Waals surface area contributed by atoms with E-state index in [-0.39, 0.29) is 49.2 Å². The summed E-state index contributed by atoms with van der Waals surface area (Å²) in [5, 5.41) is 0. The number of halogens is 9. The lowest BCUT2D eigenvalue weighted by molar-refractivity contribution is -0.143. The number of alkyl halides is 9. The number of rotatable bonds is 2. The zero-order valence-corrected chi connectivity index (χ0v) is 16.4. The van der Waals surface area contributed by atoms with Gasteiger partial charge in [-0.3, -0.25) is 0 Å². The molecule has 0 amide bonds. The van der Waals surface area contributed by atoms with Gasteiger partial charge in [-0.15, -0.1) is 0 Å². The van der Waals surface area contributed by atoms with Gasteiger partial charge >= 0.3 is 18.5 Å². The third-order valence-corrected chi connectivity index (χ3v) is 5.17. The van der Waals surface area contributed by atoms with Crippen LogP contribution >= 0.6 is 0 Å². The summed E-state index contributed by atoms with van der Waals surface area (Å²) in [4.78, 5) is 13.3. The summed E-state index contributed by atoms with van der Waals surface area (Å²) in [5.74, 6) is -0.380. The van der Waals surface area contributed by atoms with Crippen molar-refractivity contribution < 1.29 is 39.5 Å². The molecule has 178 valence electrons. The van der Waals surface area contributed by atoms with Gasteiger partial charge in [0.05, 0.1) is 27.7 Å². The third kappa shape index (κ3) is 4.64. The molecule has 0 atom stereocenters. The fraction of sp³-hybridized carbons (Fsp3) is 0.368. The van der Waals surface area contributed by atoms with Crippen LogP contribution in [0.1, 0.15) is 16.7 Å². The fourth-order valence-corrected chi connectivity index (χ4v) is 3.53. The Hall–Kier alpha value is -3.19. The fourth-order valence-electron chi connectivity index (χ4n) is 3.53. The van der Waals surface area contributed by atoms with E-state index in [0.717, 1.165) is 12.1 Å². The number of nitrogens with zero attached hydrogens (tertiary/aromatic N) is 4. The highest BCUT2D eigenvalue weighted by atomic mass is 19.4. The number of hydrogen-bond acceptors (Lipinski definition) is 4. The van der Waals surface area contributed by atoms with E-state index in [2.05, 4.69) is 15.0 Å². The van der Waals surface area contributed by atoms with Gasteiger partial charge in [0.15, 0.2) is 0 Å². The molecule has 1 fully saturated rings. The maximum Gasteiger partial charge on any atom is 0.419 e. The molecular formula is C19H14F9N5. The number of imidazole rings is 1. The van der Waals surface area contributed by atoms with Crippen molar-refractivity contribution in [1.29, 1.82) is 0 Å². The number of nitrogens with one attached hydrogen (secondary N) is 1. The van der Waals surface area contributed by atoms with Gasteiger partial charge in [0, 0.05) is 32.4 Å². The molecule has 1 aromatic carbocycles. The summed E-state index contributed by atoms with van der Waals surface area (Å²) in [7, 11) is 0. The number of fused-ring (bicyclic) bond motifs is 1. The highest BCUT2D eigenvalue weighted by Gasteiger charge is 2.40. The molecule has 5 nitrogen and oxygen atoms in total. The van der Waals surface area contributed by atoms with Gasteiger partial charge in [-0.25, -0.2) is 9.97 Å². The zero-order valence-electron chi connectivity index (χ0n) is 16.4. The molecule has 33 heavy (non-hydrogen) atoms. The van der Waals surface area contributed by atoms with E-state index < -0.39 is 41.0 Å². The second-order valence-corrected chi connectivity index (χ2v) is 7.35. The molecular weight excluding hydrogens is 469 g/mol. The molecule has 4 rings (SSSR count). The van der Waals surface area contributed by atoms with Gasteiger partial charge in [-0.2, -0.15) is 39.5 Å². The first-order chi connectivity index (χ1) is 15.2. The van der Waals surface area contributed by atoms with Crippen LogP contribution in [0.3, 0.4) is 0 Å². The summed E-state index contributed by atoms with van der Waals surface area (Å²) >= 11 is 0.